The maximum absolute atomic E-state index is 10.8. The zero-order valence-corrected chi connectivity index (χ0v) is 10.5. The number of carboxylic acids is 1. The van der Waals surface area contributed by atoms with Crippen LogP contribution in [-0.4, -0.2) is 35.1 Å². The molecule has 0 amide bonds. The van der Waals surface area contributed by atoms with Gasteiger partial charge in [-0.05, 0) is 26.8 Å². The van der Waals surface area contributed by atoms with Crippen molar-refractivity contribution in [3.8, 4) is 0 Å². The Kier molecular flexibility index (Phi) is 8.85. The second-order valence-electron chi connectivity index (χ2n) is 3.79. The normalized spacial score (nSPS) is 12.7. The lowest BCUT2D eigenvalue weighted by Crippen LogP contribution is -2.45. The number of rotatable bonds is 4. The van der Waals surface area contributed by atoms with Gasteiger partial charge < -0.3 is 5.11 Å². The number of carboxylic acid groups (broad SMARTS) is 1. The van der Waals surface area contributed by atoms with Crippen LogP contribution in [0, 0.1) is 5.92 Å². The van der Waals surface area contributed by atoms with Gasteiger partial charge in [0.2, 0.25) is 0 Å². The van der Waals surface area contributed by atoms with Gasteiger partial charge in [-0.1, -0.05) is 27.7 Å². The fraction of sp³-hybridized carbons (Fsp3) is 0.909. The van der Waals surface area contributed by atoms with Gasteiger partial charge in [-0.3, -0.25) is 9.69 Å². The van der Waals surface area contributed by atoms with Gasteiger partial charge in [-0.15, -0.1) is 0 Å². The summed E-state index contributed by atoms with van der Waals surface area (Å²) in [5, 5.41) is 8.92. The van der Waals surface area contributed by atoms with E-state index in [2.05, 4.69) is 0 Å². The van der Waals surface area contributed by atoms with Crippen LogP contribution >= 0.6 is 0 Å². The molecule has 0 spiro atoms. The van der Waals surface area contributed by atoms with Crippen molar-refractivity contribution in [1.82, 2.24) is 4.90 Å². The fourth-order valence-electron chi connectivity index (χ4n) is 1.25. The minimum absolute atomic E-state index is 0.148. The summed E-state index contributed by atoms with van der Waals surface area (Å²) in [6.45, 7) is 11.9. The quantitative estimate of drug-likeness (QED) is 0.763. The molecule has 1 atom stereocenters. The second-order valence-corrected chi connectivity index (χ2v) is 3.79. The number of aliphatic carboxylic acids is 1. The van der Waals surface area contributed by atoms with Crippen LogP contribution in [-0.2, 0) is 4.79 Å². The molecule has 3 heteroatoms. The SMILES string of the molecule is CC.CC(C)C(C(=O)O)N(C)C(C)C. The zero-order chi connectivity index (χ0) is 11.9. The van der Waals surface area contributed by atoms with Gasteiger partial charge >= 0.3 is 5.97 Å². The van der Waals surface area contributed by atoms with Gasteiger partial charge in [0.1, 0.15) is 6.04 Å². The van der Waals surface area contributed by atoms with Crippen LogP contribution in [0.15, 0.2) is 0 Å². The predicted molar refractivity (Wildman–Crippen MR) is 60.5 cm³/mol. The third kappa shape index (κ3) is 5.22. The highest BCUT2D eigenvalue weighted by Gasteiger charge is 2.27. The van der Waals surface area contributed by atoms with E-state index in [1.165, 1.54) is 0 Å². The minimum Gasteiger partial charge on any atom is -0.480 e. The first-order chi connectivity index (χ1) is 6.37. The molecule has 1 unspecified atom stereocenters. The molecular weight excluding hydrogens is 178 g/mol. The van der Waals surface area contributed by atoms with E-state index in [1.54, 1.807) is 0 Å². The Balaban J connectivity index is 0. The molecule has 0 rings (SSSR count). The van der Waals surface area contributed by atoms with E-state index in [9.17, 15) is 4.79 Å². The van der Waals surface area contributed by atoms with Crippen LogP contribution in [0.4, 0.5) is 0 Å². The molecule has 0 aliphatic rings. The van der Waals surface area contributed by atoms with E-state index in [1.807, 2.05) is 53.5 Å². The van der Waals surface area contributed by atoms with E-state index in [0.29, 0.717) is 0 Å². The maximum atomic E-state index is 10.8. The lowest BCUT2D eigenvalue weighted by molar-refractivity contribution is -0.145. The summed E-state index contributed by atoms with van der Waals surface area (Å²) in [7, 11) is 1.85. The molecule has 1 N–H and O–H groups in total. The van der Waals surface area contributed by atoms with Crippen LogP contribution < -0.4 is 0 Å². The lowest BCUT2D eigenvalue weighted by Gasteiger charge is -2.30. The third-order valence-electron chi connectivity index (χ3n) is 2.14. The van der Waals surface area contributed by atoms with Crippen LogP contribution in [0.2, 0.25) is 0 Å². The van der Waals surface area contributed by atoms with Gasteiger partial charge in [0.25, 0.3) is 0 Å². The number of hydrogen-bond acceptors (Lipinski definition) is 2. The third-order valence-corrected chi connectivity index (χ3v) is 2.14. The molecule has 0 saturated carbocycles. The standard InChI is InChI=1S/C9H19NO2.C2H6/c1-6(2)8(9(11)12)10(5)7(3)4;1-2/h6-8H,1-5H3,(H,11,12);1-2H3. The van der Waals surface area contributed by atoms with Crippen molar-refractivity contribution in [3.05, 3.63) is 0 Å². The Morgan fingerprint density at radius 2 is 1.50 bits per heavy atom. The van der Waals surface area contributed by atoms with Crippen LogP contribution in [0.1, 0.15) is 41.5 Å². The Hall–Kier alpha value is -0.570. The minimum atomic E-state index is -0.735. The molecule has 0 radical (unpaired) electrons. The zero-order valence-electron chi connectivity index (χ0n) is 10.5. The topological polar surface area (TPSA) is 40.5 Å². The monoisotopic (exact) mass is 203 g/mol. The molecule has 0 aliphatic carbocycles. The Labute approximate surface area is 88.1 Å². The first kappa shape index (κ1) is 15.9. The Bertz CT molecular complexity index is 155. The van der Waals surface area contributed by atoms with Gasteiger partial charge in [-0.2, -0.15) is 0 Å². The Morgan fingerprint density at radius 1 is 1.14 bits per heavy atom. The van der Waals surface area contributed by atoms with Crippen molar-refractivity contribution >= 4 is 5.97 Å². The highest BCUT2D eigenvalue weighted by atomic mass is 16.4. The van der Waals surface area contributed by atoms with Crippen LogP contribution in [0.25, 0.3) is 0 Å². The largest absolute Gasteiger partial charge is 0.480 e. The first-order valence-electron chi connectivity index (χ1n) is 5.32. The molecule has 0 aromatic heterocycles. The molecule has 0 fully saturated rings. The average Bonchev–Trinajstić information content (AvgIpc) is 2.06. The van der Waals surface area contributed by atoms with Crippen molar-refractivity contribution in [2.75, 3.05) is 7.05 Å². The molecule has 3 nitrogen and oxygen atoms in total. The highest BCUT2D eigenvalue weighted by molar-refractivity contribution is 5.73. The average molecular weight is 203 g/mol. The van der Waals surface area contributed by atoms with E-state index in [4.69, 9.17) is 5.11 Å². The molecule has 0 aromatic rings. The van der Waals surface area contributed by atoms with Gasteiger partial charge in [-0.25, -0.2) is 0 Å². The van der Waals surface area contributed by atoms with E-state index >= 15 is 0 Å². The number of hydrogen-bond donors (Lipinski definition) is 1. The maximum Gasteiger partial charge on any atom is 0.321 e. The molecule has 0 aromatic carbocycles. The molecule has 86 valence electrons. The van der Waals surface area contributed by atoms with Crippen molar-refractivity contribution in [3.63, 3.8) is 0 Å². The molecule has 0 saturated heterocycles. The summed E-state index contributed by atoms with van der Waals surface area (Å²) in [6, 6.07) is -0.0986. The van der Waals surface area contributed by atoms with E-state index in [-0.39, 0.29) is 18.0 Å². The summed E-state index contributed by atoms with van der Waals surface area (Å²) in [4.78, 5) is 12.7. The number of carbonyl (C=O) groups is 1. The summed E-state index contributed by atoms with van der Waals surface area (Å²) >= 11 is 0. The molecule has 14 heavy (non-hydrogen) atoms. The number of nitrogens with zero attached hydrogens (tertiary/aromatic N) is 1. The van der Waals surface area contributed by atoms with Crippen LogP contribution in [0.5, 0.6) is 0 Å². The summed E-state index contributed by atoms with van der Waals surface area (Å²) < 4.78 is 0. The molecule has 0 bridgehead atoms. The lowest BCUT2D eigenvalue weighted by atomic mass is 10.0. The smallest absolute Gasteiger partial charge is 0.321 e. The summed E-state index contributed by atoms with van der Waals surface area (Å²) in [5.74, 6) is -0.587. The molecule has 0 heterocycles. The summed E-state index contributed by atoms with van der Waals surface area (Å²) in [6.07, 6.45) is 0. The van der Waals surface area contributed by atoms with Crippen molar-refractivity contribution in [2.45, 2.75) is 53.6 Å². The number of likely N-dealkylation sites (N-methyl/N-ethyl adjacent to an activating group) is 1. The molecule has 0 aliphatic heterocycles. The van der Waals surface area contributed by atoms with Gasteiger partial charge in [0.05, 0.1) is 0 Å². The highest BCUT2D eigenvalue weighted by Crippen LogP contribution is 2.11. The van der Waals surface area contributed by atoms with Gasteiger partial charge in [0.15, 0.2) is 0 Å². The van der Waals surface area contributed by atoms with E-state index < -0.39 is 5.97 Å². The van der Waals surface area contributed by atoms with E-state index in [0.717, 1.165) is 0 Å². The fourth-order valence-corrected chi connectivity index (χ4v) is 1.25. The second kappa shape index (κ2) is 7.80. The van der Waals surface area contributed by atoms with Crippen molar-refractivity contribution < 1.29 is 9.90 Å². The van der Waals surface area contributed by atoms with Crippen LogP contribution in [0.3, 0.4) is 0 Å². The Morgan fingerprint density at radius 3 is 1.57 bits per heavy atom. The van der Waals surface area contributed by atoms with Crippen molar-refractivity contribution in [2.24, 2.45) is 5.92 Å². The van der Waals surface area contributed by atoms with Gasteiger partial charge in [0, 0.05) is 6.04 Å². The first-order valence-corrected chi connectivity index (χ1v) is 5.32. The molecular formula is C11H25NO2. The van der Waals surface area contributed by atoms with Crippen molar-refractivity contribution in [1.29, 1.82) is 0 Å². The summed E-state index contributed by atoms with van der Waals surface area (Å²) in [5.41, 5.74) is 0. The predicted octanol–water partition coefficient (Wildman–Crippen LogP) is 2.46.